The van der Waals surface area contributed by atoms with Crippen LogP contribution in [0.2, 0.25) is 0 Å². The summed E-state index contributed by atoms with van der Waals surface area (Å²) in [6, 6.07) is 7.06. The van der Waals surface area contributed by atoms with Gasteiger partial charge in [-0.15, -0.1) is 0 Å². The van der Waals surface area contributed by atoms with E-state index in [1.165, 1.54) is 6.33 Å². The molecule has 2 aromatic rings. The number of hydrogen-bond acceptors (Lipinski definition) is 6. The molecule has 1 amide bonds. The van der Waals surface area contributed by atoms with E-state index >= 15 is 0 Å². The van der Waals surface area contributed by atoms with Crippen molar-refractivity contribution in [3.8, 4) is 5.88 Å². The molecule has 1 aromatic heterocycles. The van der Waals surface area contributed by atoms with Crippen molar-refractivity contribution in [2.45, 2.75) is 6.92 Å². The number of aromatic nitrogens is 2. The normalized spacial score (nSPS) is 10.0. The fraction of sp³-hybridized carbons (Fsp3) is 0.154. The maximum atomic E-state index is 12.0. The Morgan fingerprint density at radius 1 is 1.38 bits per heavy atom. The summed E-state index contributed by atoms with van der Waals surface area (Å²) < 4.78 is 5.94. The number of nitrogens with one attached hydrogen (secondary N) is 2. The first-order valence-corrected chi connectivity index (χ1v) is 6.97. The molecule has 0 aliphatic rings. The van der Waals surface area contributed by atoms with Gasteiger partial charge < -0.3 is 10.5 Å². The molecular formula is C13H14BrN5O2. The maximum absolute atomic E-state index is 12.0. The number of carbonyl (C=O) groups excluding carboxylic acids is 1. The Bertz CT molecular complexity index is 650. The quantitative estimate of drug-likeness (QED) is 0.711. The number of halogens is 1. The van der Waals surface area contributed by atoms with E-state index in [-0.39, 0.29) is 23.3 Å². The molecule has 0 saturated carbocycles. The summed E-state index contributed by atoms with van der Waals surface area (Å²) in [4.78, 5) is 19.9. The van der Waals surface area contributed by atoms with Crippen molar-refractivity contribution in [2.75, 3.05) is 17.8 Å². The van der Waals surface area contributed by atoms with Gasteiger partial charge in [0.2, 0.25) is 5.88 Å². The Balaban J connectivity index is 2.08. The van der Waals surface area contributed by atoms with E-state index in [9.17, 15) is 4.79 Å². The van der Waals surface area contributed by atoms with Crippen molar-refractivity contribution in [3.63, 3.8) is 0 Å². The topological polar surface area (TPSA) is 102 Å². The molecule has 0 fully saturated rings. The number of anilines is 2. The second-order valence-electron chi connectivity index (χ2n) is 3.93. The monoisotopic (exact) mass is 351 g/mol. The zero-order valence-corrected chi connectivity index (χ0v) is 12.8. The third kappa shape index (κ3) is 3.60. The Kier molecular flexibility index (Phi) is 4.94. The van der Waals surface area contributed by atoms with Crippen molar-refractivity contribution in [1.82, 2.24) is 15.4 Å². The Labute approximate surface area is 130 Å². The zero-order chi connectivity index (χ0) is 15.2. The number of nitrogen functional groups attached to an aromatic ring is 1. The average molecular weight is 352 g/mol. The predicted molar refractivity (Wildman–Crippen MR) is 82.8 cm³/mol. The van der Waals surface area contributed by atoms with E-state index in [0.29, 0.717) is 16.6 Å². The minimum Gasteiger partial charge on any atom is -0.476 e. The van der Waals surface area contributed by atoms with Gasteiger partial charge in [0, 0.05) is 4.47 Å². The first-order valence-electron chi connectivity index (χ1n) is 6.17. The van der Waals surface area contributed by atoms with E-state index in [2.05, 4.69) is 36.7 Å². The smallest absolute Gasteiger partial charge is 0.270 e. The number of rotatable bonds is 5. The molecular weight excluding hydrogens is 338 g/mol. The van der Waals surface area contributed by atoms with E-state index in [0.717, 1.165) is 0 Å². The molecule has 0 spiro atoms. The van der Waals surface area contributed by atoms with Gasteiger partial charge in [-0.2, -0.15) is 4.98 Å². The van der Waals surface area contributed by atoms with Crippen LogP contribution in [0.3, 0.4) is 0 Å². The molecule has 0 saturated heterocycles. The van der Waals surface area contributed by atoms with Gasteiger partial charge in [0.25, 0.3) is 5.91 Å². The maximum Gasteiger partial charge on any atom is 0.270 e. The molecule has 1 heterocycles. The molecule has 110 valence electrons. The third-order valence-corrected chi connectivity index (χ3v) is 3.23. The Morgan fingerprint density at radius 2 is 2.14 bits per heavy atom. The number of carbonyl (C=O) groups is 1. The lowest BCUT2D eigenvalue weighted by Crippen LogP contribution is -2.30. The molecule has 7 nitrogen and oxygen atoms in total. The van der Waals surface area contributed by atoms with Gasteiger partial charge in [-0.3, -0.25) is 15.6 Å². The van der Waals surface area contributed by atoms with Gasteiger partial charge in [0.05, 0.1) is 12.2 Å². The number of hydrogen-bond donors (Lipinski definition) is 3. The Morgan fingerprint density at radius 3 is 2.86 bits per heavy atom. The summed E-state index contributed by atoms with van der Waals surface area (Å²) in [5, 5.41) is 0. The van der Waals surface area contributed by atoms with Gasteiger partial charge >= 0.3 is 0 Å². The molecule has 0 aliphatic carbocycles. The van der Waals surface area contributed by atoms with Crippen molar-refractivity contribution in [2.24, 2.45) is 0 Å². The van der Waals surface area contributed by atoms with Crippen LogP contribution in [0, 0.1) is 0 Å². The van der Waals surface area contributed by atoms with Crippen molar-refractivity contribution >= 4 is 33.3 Å². The number of hydrazine groups is 1. The van der Waals surface area contributed by atoms with Crippen LogP contribution in [-0.2, 0) is 0 Å². The van der Waals surface area contributed by atoms with E-state index in [1.807, 2.05) is 13.0 Å². The van der Waals surface area contributed by atoms with Gasteiger partial charge in [-0.1, -0.05) is 12.1 Å². The van der Waals surface area contributed by atoms with Crippen LogP contribution in [0.1, 0.15) is 17.3 Å². The van der Waals surface area contributed by atoms with Gasteiger partial charge in [0.15, 0.2) is 5.82 Å². The fourth-order valence-corrected chi connectivity index (χ4v) is 2.02. The number of benzene rings is 1. The van der Waals surface area contributed by atoms with Crippen LogP contribution < -0.4 is 21.3 Å². The third-order valence-electron chi connectivity index (χ3n) is 2.54. The van der Waals surface area contributed by atoms with Crippen LogP contribution >= 0.6 is 15.9 Å². The lowest BCUT2D eigenvalue weighted by molar-refractivity contribution is 0.0961. The van der Waals surface area contributed by atoms with Crippen LogP contribution in [0.5, 0.6) is 5.88 Å². The highest BCUT2D eigenvalue weighted by atomic mass is 79.9. The van der Waals surface area contributed by atoms with Crippen molar-refractivity contribution < 1.29 is 9.53 Å². The number of nitrogens with two attached hydrogens (primary N) is 1. The summed E-state index contributed by atoms with van der Waals surface area (Å²) in [7, 11) is 0. The summed E-state index contributed by atoms with van der Waals surface area (Å²) in [6.45, 7) is 2.26. The average Bonchev–Trinajstić information content (AvgIpc) is 2.48. The highest BCUT2D eigenvalue weighted by molar-refractivity contribution is 9.10. The standard InChI is InChI=1S/C13H14BrN5O2/c1-2-21-13-10(15)11(16-7-17-13)18-19-12(20)8-5-3-4-6-9(8)14/h3-7H,2,15H2,1H3,(H,19,20)(H,16,17,18). The molecule has 2 rings (SSSR count). The number of ether oxygens (including phenoxy) is 1. The summed E-state index contributed by atoms with van der Waals surface area (Å²) >= 11 is 3.31. The molecule has 21 heavy (non-hydrogen) atoms. The van der Waals surface area contributed by atoms with Crippen molar-refractivity contribution in [1.29, 1.82) is 0 Å². The molecule has 0 aliphatic heterocycles. The molecule has 8 heteroatoms. The largest absolute Gasteiger partial charge is 0.476 e. The van der Waals surface area contributed by atoms with Crippen molar-refractivity contribution in [3.05, 3.63) is 40.6 Å². The SMILES string of the molecule is CCOc1ncnc(NNC(=O)c2ccccc2Br)c1N. The fourth-order valence-electron chi connectivity index (χ4n) is 1.56. The number of amides is 1. The molecule has 0 radical (unpaired) electrons. The minimum atomic E-state index is -0.321. The van der Waals surface area contributed by atoms with E-state index < -0.39 is 0 Å². The summed E-state index contributed by atoms with van der Waals surface area (Å²) in [5.41, 5.74) is 11.8. The lowest BCUT2D eigenvalue weighted by Gasteiger charge is -2.12. The van der Waals surface area contributed by atoms with E-state index in [4.69, 9.17) is 10.5 Å². The zero-order valence-electron chi connectivity index (χ0n) is 11.3. The first kappa shape index (κ1) is 15.0. The molecule has 0 unspecified atom stereocenters. The van der Waals surface area contributed by atoms with Crippen LogP contribution in [0.25, 0.3) is 0 Å². The minimum absolute atomic E-state index is 0.228. The summed E-state index contributed by atoms with van der Waals surface area (Å²) in [6.07, 6.45) is 1.30. The van der Waals surface area contributed by atoms with E-state index in [1.54, 1.807) is 18.2 Å². The van der Waals surface area contributed by atoms with Crippen LogP contribution in [0.15, 0.2) is 35.1 Å². The first-order chi connectivity index (χ1) is 10.1. The molecule has 4 N–H and O–H groups in total. The second kappa shape index (κ2) is 6.89. The lowest BCUT2D eigenvalue weighted by atomic mass is 10.2. The molecule has 0 bridgehead atoms. The second-order valence-corrected chi connectivity index (χ2v) is 4.79. The Hall–Kier alpha value is -2.35. The molecule has 1 aromatic carbocycles. The van der Waals surface area contributed by atoms with Crippen LogP contribution in [-0.4, -0.2) is 22.5 Å². The van der Waals surface area contributed by atoms with Gasteiger partial charge in [0.1, 0.15) is 12.0 Å². The van der Waals surface area contributed by atoms with Crippen LogP contribution in [0.4, 0.5) is 11.5 Å². The summed E-state index contributed by atoms with van der Waals surface area (Å²) in [5.74, 6) is 0.220. The molecule has 0 atom stereocenters. The van der Waals surface area contributed by atoms with Gasteiger partial charge in [-0.25, -0.2) is 4.98 Å². The highest BCUT2D eigenvalue weighted by Gasteiger charge is 2.12. The number of nitrogens with zero attached hydrogens (tertiary/aromatic N) is 2. The highest BCUT2D eigenvalue weighted by Crippen LogP contribution is 2.24. The predicted octanol–water partition coefficient (Wildman–Crippen LogP) is 1.98. The van der Waals surface area contributed by atoms with Gasteiger partial charge in [-0.05, 0) is 35.0 Å².